The zero-order valence-electron chi connectivity index (χ0n) is 25.2. The van der Waals surface area contributed by atoms with Crippen LogP contribution in [0.1, 0.15) is 43.7 Å². The third-order valence-electron chi connectivity index (χ3n) is 7.33. The lowest BCUT2D eigenvalue weighted by atomic mass is 10.0. The van der Waals surface area contributed by atoms with E-state index >= 15 is 0 Å². The highest BCUT2D eigenvalue weighted by Gasteiger charge is 2.30. The largest absolute Gasteiger partial charge is 0.486 e. The van der Waals surface area contributed by atoms with E-state index in [4.69, 9.17) is 21.1 Å². The van der Waals surface area contributed by atoms with Crippen molar-refractivity contribution in [3.05, 3.63) is 88.9 Å². The number of benzene rings is 3. The van der Waals surface area contributed by atoms with Gasteiger partial charge in [0.2, 0.25) is 21.8 Å². The van der Waals surface area contributed by atoms with E-state index in [1.165, 1.54) is 4.31 Å². The van der Waals surface area contributed by atoms with E-state index in [9.17, 15) is 18.0 Å². The predicted molar refractivity (Wildman–Crippen MR) is 173 cm³/mol. The Morgan fingerprint density at radius 3 is 2.32 bits per heavy atom. The number of sulfonamides is 1. The molecule has 0 spiro atoms. The smallest absolute Gasteiger partial charge is 0.243 e. The Hall–Kier alpha value is -3.76. The molecule has 0 aliphatic carbocycles. The lowest BCUT2D eigenvalue weighted by Crippen LogP contribution is -2.50. The standard InChI is InChI=1S/C33H40ClN3O6S/c1-3-4-18-35-33(39)29(22-25-9-6-5-7-10-25)36(24-26-12-14-27(34)15-13-26)32(38)11-8-19-37(44(2,40)41)28-16-17-30-31(23-28)43-21-20-42-30/h5-7,9-10,12-17,23,29H,3-4,8,11,18-22,24H2,1-2H3,(H,35,39)/t29-/m0/s1. The molecule has 0 aromatic heterocycles. The Balaban J connectivity index is 1.56. The summed E-state index contributed by atoms with van der Waals surface area (Å²) >= 11 is 6.11. The zero-order chi connectivity index (χ0) is 31.5. The molecule has 0 saturated heterocycles. The van der Waals surface area contributed by atoms with Crippen molar-refractivity contribution in [1.82, 2.24) is 10.2 Å². The number of halogens is 1. The minimum absolute atomic E-state index is 0.0394. The number of amides is 2. The number of hydrogen-bond donors (Lipinski definition) is 1. The van der Waals surface area contributed by atoms with Gasteiger partial charge in [-0.1, -0.05) is 67.4 Å². The van der Waals surface area contributed by atoms with Crippen molar-refractivity contribution in [2.24, 2.45) is 0 Å². The van der Waals surface area contributed by atoms with Crippen molar-refractivity contribution in [2.75, 3.05) is 36.9 Å². The molecule has 4 rings (SSSR count). The summed E-state index contributed by atoms with van der Waals surface area (Å²) < 4.78 is 38.1. The minimum Gasteiger partial charge on any atom is -0.486 e. The number of ether oxygens (including phenoxy) is 2. The van der Waals surface area contributed by atoms with Crippen LogP contribution in [-0.4, -0.2) is 63.7 Å². The Kier molecular flexibility index (Phi) is 11.9. The second-order valence-electron chi connectivity index (χ2n) is 10.8. The fraction of sp³-hybridized carbons (Fsp3) is 0.394. The third-order valence-corrected chi connectivity index (χ3v) is 8.78. The lowest BCUT2D eigenvalue weighted by Gasteiger charge is -2.32. The van der Waals surface area contributed by atoms with E-state index in [1.54, 1.807) is 35.2 Å². The fourth-order valence-electron chi connectivity index (χ4n) is 5.04. The number of fused-ring (bicyclic) bond motifs is 1. The van der Waals surface area contributed by atoms with Crippen LogP contribution in [0.4, 0.5) is 5.69 Å². The summed E-state index contributed by atoms with van der Waals surface area (Å²) in [6.45, 7) is 3.65. The van der Waals surface area contributed by atoms with Gasteiger partial charge in [-0.2, -0.15) is 0 Å². The molecule has 11 heteroatoms. The first kappa shape index (κ1) is 33.1. The quantitative estimate of drug-likeness (QED) is 0.228. The van der Waals surface area contributed by atoms with Gasteiger partial charge in [-0.05, 0) is 48.2 Å². The number of carbonyl (C=O) groups excluding carboxylic acids is 2. The normalized spacial score (nSPS) is 13.2. The van der Waals surface area contributed by atoms with Crippen LogP contribution in [0.3, 0.4) is 0 Å². The first-order chi connectivity index (χ1) is 21.2. The maximum Gasteiger partial charge on any atom is 0.243 e. The number of carbonyl (C=O) groups is 2. The van der Waals surface area contributed by atoms with Gasteiger partial charge in [0.1, 0.15) is 19.3 Å². The van der Waals surface area contributed by atoms with E-state index < -0.39 is 16.1 Å². The number of unbranched alkanes of at least 4 members (excludes halogenated alkanes) is 1. The monoisotopic (exact) mass is 641 g/mol. The maximum absolute atomic E-state index is 14.0. The average Bonchev–Trinajstić information content (AvgIpc) is 3.01. The molecule has 0 saturated carbocycles. The molecule has 3 aromatic rings. The van der Waals surface area contributed by atoms with Crippen molar-refractivity contribution in [3.63, 3.8) is 0 Å². The molecule has 0 radical (unpaired) electrons. The molecule has 1 aliphatic rings. The molecule has 0 bridgehead atoms. The molecule has 1 atom stereocenters. The molecule has 0 fully saturated rings. The number of rotatable bonds is 15. The van der Waals surface area contributed by atoms with Crippen LogP contribution < -0.4 is 19.1 Å². The number of hydrogen-bond acceptors (Lipinski definition) is 6. The average molecular weight is 642 g/mol. The van der Waals surface area contributed by atoms with Gasteiger partial charge < -0.3 is 19.7 Å². The molecular formula is C33H40ClN3O6S. The van der Waals surface area contributed by atoms with Crippen molar-refractivity contribution >= 4 is 39.1 Å². The van der Waals surface area contributed by atoms with Gasteiger partial charge in [0.05, 0.1) is 11.9 Å². The van der Waals surface area contributed by atoms with Gasteiger partial charge in [0.25, 0.3) is 0 Å². The van der Waals surface area contributed by atoms with Gasteiger partial charge >= 0.3 is 0 Å². The van der Waals surface area contributed by atoms with E-state index in [1.807, 2.05) is 42.5 Å². The van der Waals surface area contributed by atoms with Crippen LogP contribution in [-0.2, 0) is 32.6 Å². The zero-order valence-corrected chi connectivity index (χ0v) is 26.8. The summed E-state index contributed by atoms with van der Waals surface area (Å²) in [5.74, 6) is 0.564. The topological polar surface area (TPSA) is 105 Å². The van der Waals surface area contributed by atoms with E-state index in [-0.39, 0.29) is 37.7 Å². The number of nitrogens with one attached hydrogen (secondary N) is 1. The maximum atomic E-state index is 14.0. The predicted octanol–water partition coefficient (Wildman–Crippen LogP) is 5.21. The van der Waals surface area contributed by atoms with Gasteiger partial charge in [-0.3, -0.25) is 13.9 Å². The molecule has 2 amide bonds. The molecule has 0 unspecified atom stereocenters. The molecule has 9 nitrogen and oxygen atoms in total. The van der Waals surface area contributed by atoms with Crippen molar-refractivity contribution in [3.8, 4) is 11.5 Å². The first-order valence-corrected chi connectivity index (χ1v) is 17.1. The minimum atomic E-state index is -3.66. The summed E-state index contributed by atoms with van der Waals surface area (Å²) in [6, 6.07) is 21.0. The number of nitrogens with zero attached hydrogens (tertiary/aromatic N) is 2. The van der Waals surface area contributed by atoms with E-state index in [0.717, 1.165) is 30.2 Å². The van der Waals surface area contributed by atoms with Crippen molar-refractivity contribution in [1.29, 1.82) is 0 Å². The number of anilines is 1. The molecule has 3 aromatic carbocycles. The second-order valence-corrected chi connectivity index (χ2v) is 13.1. The highest BCUT2D eigenvalue weighted by Crippen LogP contribution is 2.35. The molecule has 1 N–H and O–H groups in total. The molecule has 1 aliphatic heterocycles. The molecule has 236 valence electrons. The summed E-state index contributed by atoms with van der Waals surface area (Å²) in [7, 11) is -3.66. The highest BCUT2D eigenvalue weighted by molar-refractivity contribution is 7.92. The Morgan fingerprint density at radius 1 is 0.932 bits per heavy atom. The van der Waals surface area contributed by atoms with Crippen molar-refractivity contribution in [2.45, 2.75) is 51.6 Å². The van der Waals surface area contributed by atoms with Crippen LogP contribution in [0, 0.1) is 0 Å². The third kappa shape index (κ3) is 9.37. The summed E-state index contributed by atoms with van der Waals surface area (Å²) in [6.07, 6.45) is 3.51. The van der Waals surface area contributed by atoms with E-state index in [0.29, 0.717) is 48.4 Å². The summed E-state index contributed by atoms with van der Waals surface area (Å²) in [5, 5.41) is 3.59. The SMILES string of the molecule is CCCCNC(=O)[C@H](Cc1ccccc1)N(Cc1ccc(Cl)cc1)C(=O)CCCN(c1ccc2c(c1)OCCO2)S(C)(=O)=O. The first-order valence-electron chi connectivity index (χ1n) is 14.9. The highest BCUT2D eigenvalue weighted by atomic mass is 35.5. The van der Waals surface area contributed by atoms with Crippen LogP contribution in [0.2, 0.25) is 5.02 Å². The Bertz CT molecular complexity index is 1500. The lowest BCUT2D eigenvalue weighted by molar-refractivity contribution is -0.141. The molecule has 1 heterocycles. The van der Waals surface area contributed by atoms with Gasteiger partial charge in [-0.25, -0.2) is 8.42 Å². The summed E-state index contributed by atoms with van der Waals surface area (Å²) in [5.41, 5.74) is 2.19. The Labute approximate surface area is 265 Å². The fourth-order valence-corrected chi connectivity index (χ4v) is 6.12. The van der Waals surface area contributed by atoms with Crippen LogP contribution in [0.15, 0.2) is 72.8 Å². The van der Waals surface area contributed by atoms with Gasteiger partial charge in [0.15, 0.2) is 11.5 Å². The second kappa shape index (κ2) is 15.8. The van der Waals surface area contributed by atoms with Crippen molar-refractivity contribution < 1.29 is 27.5 Å². The molecule has 44 heavy (non-hydrogen) atoms. The van der Waals surface area contributed by atoms with Gasteiger partial charge in [-0.15, -0.1) is 0 Å². The summed E-state index contributed by atoms with van der Waals surface area (Å²) in [4.78, 5) is 29.2. The molecular weight excluding hydrogens is 602 g/mol. The van der Waals surface area contributed by atoms with Gasteiger partial charge in [0, 0.05) is 43.6 Å². The Morgan fingerprint density at radius 2 is 1.64 bits per heavy atom. The van der Waals surface area contributed by atoms with E-state index in [2.05, 4.69) is 12.2 Å². The van der Waals surface area contributed by atoms with Crippen LogP contribution in [0.5, 0.6) is 11.5 Å². The van der Waals surface area contributed by atoms with Crippen LogP contribution >= 0.6 is 11.6 Å². The van der Waals surface area contributed by atoms with Crippen LogP contribution in [0.25, 0.3) is 0 Å².